The van der Waals surface area contributed by atoms with E-state index in [1.165, 1.54) is 24.8 Å². The lowest BCUT2D eigenvalue weighted by molar-refractivity contribution is -0.135. The number of carbonyl (C=O) groups excluding carboxylic acids is 2. The second kappa shape index (κ2) is 3.81. The zero-order valence-electron chi connectivity index (χ0n) is 9.42. The molecule has 3 rings (SSSR count). The molecule has 2 atom stereocenters. The van der Waals surface area contributed by atoms with Crippen molar-refractivity contribution in [2.24, 2.45) is 5.92 Å². The first-order valence-electron chi connectivity index (χ1n) is 6.31. The van der Waals surface area contributed by atoms with Gasteiger partial charge in [-0.1, -0.05) is 12.0 Å². The van der Waals surface area contributed by atoms with Gasteiger partial charge in [0.2, 0.25) is 11.6 Å². The van der Waals surface area contributed by atoms with E-state index in [2.05, 4.69) is 5.32 Å². The highest BCUT2D eigenvalue weighted by molar-refractivity contribution is 6.44. The molecule has 0 aromatic rings. The molecule has 0 spiro atoms. The molecule has 0 saturated heterocycles. The Balaban J connectivity index is 2.03. The third-order valence-electron chi connectivity index (χ3n) is 4.20. The summed E-state index contributed by atoms with van der Waals surface area (Å²) in [5.41, 5.74) is 2.17. The Hall–Kier alpha value is -0.960. The number of rotatable bonds is 0. The third-order valence-corrected chi connectivity index (χ3v) is 4.20. The van der Waals surface area contributed by atoms with Crippen LogP contribution in [0, 0.1) is 5.92 Å². The molecule has 3 heteroatoms. The Labute approximate surface area is 95.3 Å². The van der Waals surface area contributed by atoms with Gasteiger partial charge < -0.3 is 5.32 Å². The van der Waals surface area contributed by atoms with Gasteiger partial charge in [0.15, 0.2) is 0 Å². The van der Waals surface area contributed by atoms with Crippen molar-refractivity contribution >= 4 is 11.6 Å². The van der Waals surface area contributed by atoms with Gasteiger partial charge in [-0.2, -0.15) is 0 Å². The molecule has 1 heterocycles. The van der Waals surface area contributed by atoms with Gasteiger partial charge in [-0.15, -0.1) is 0 Å². The highest BCUT2D eigenvalue weighted by Gasteiger charge is 2.39. The molecular weight excluding hydrogens is 202 g/mol. The number of nitrogens with one attached hydrogen (secondary N) is 1. The molecule has 0 amide bonds. The summed E-state index contributed by atoms with van der Waals surface area (Å²) in [4.78, 5) is 23.5. The van der Waals surface area contributed by atoms with Crippen molar-refractivity contribution in [1.29, 1.82) is 0 Å². The van der Waals surface area contributed by atoms with Crippen LogP contribution in [-0.2, 0) is 9.59 Å². The van der Waals surface area contributed by atoms with Crippen molar-refractivity contribution in [3.63, 3.8) is 0 Å². The zero-order valence-corrected chi connectivity index (χ0v) is 9.42. The molecule has 0 bridgehead atoms. The smallest absolute Gasteiger partial charge is 0.226 e. The van der Waals surface area contributed by atoms with Gasteiger partial charge in [0.05, 0.1) is 0 Å². The fourth-order valence-electron chi connectivity index (χ4n) is 3.36. The van der Waals surface area contributed by atoms with Gasteiger partial charge in [-0.3, -0.25) is 9.59 Å². The molecule has 0 aromatic carbocycles. The highest BCUT2D eigenvalue weighted by Crippen LogP contribution is 2.37. The Kier molecular flexibility index (Phi) is 2.43. The molecule has 2 unspecified atom stereocenters. The second-order valence-corrected chi connectivity index (χ2v) is 5.13. The molecule has 0 aromatic heterocycles. The van der Waals surface area contributed by atoms with E-state index < -0.39 is 0 Å². The van der Waals surface area contributed by atoms with Crippen molar-refractivity contribution in [3.05, 3.63) is 11.1 Å². The fraction of sp³-hybridized carbons (Fsp3) is 0.692. The summed E-state index contributed by atoms with van der Waals surface area (Å²) in [6.45, 7) is 1.00. The van der Waals surface area contributed by atoms with Gasteiger partial charge in [0.1, 0.15) is 0 Å². The van der Waals surface area contributed by atoms with Gasteiger partial charge in [-0.25, -0.2) is 0 Å². The quantitative estimate of drug-likeness (QED) is 0.626. The predicted molar refractivity (Wildman–Crippen MR) is 60.0 cm³/mol. The maximum Gasteiger partial charge on any atom is 0.226 e. The molecule has 2 aliphatic carbocycles. The molecule has 0 radical (unpaired) electrons. The predicted octanol–water partition coefficient (Wildman–Crippen LogP) is 1.38. The maximum absolute atomic E-state index is 12.0. The number of carbonyl (C=O) groups is 2. The van der Waals surface area contributed by atoms with Crippen LogP contribution in [0.1, 0.15) is 38.5 Å². The lowest BCUT2D eigenvalue weighted by Gasteiger charge is -2.38. The number of Topliss-reactive ketones (excluding diaryl/α,β-unsaturated/α-hetero) is 2. The summed E-state index contributed by atoms with van der Waals surface area (Å²) >= 11 is 0. The monoisotopic (exact) mass is 219 g/mol. The van der Waals surface area contributed by atoms with Crippen LogP contribution in [0.4, 0.5) is 0 Å². The summed E-state index contributed by atoms with van der Waals surface area (Å²) in [6, 6.07) is 0.176. The molecule has 1 aliphatic heterocycles. The first-order chi connectivity index (χ1) is 7.77. The Morgan fingerprint density at radius 3 is 2.81 bits per heavy atom. The summed E-state index contributed by atoms with van der Waals surface area (Å²) in [7, 11) is 0. The minimum Gasteiger partial charge on any atom is -0.309 e. The van der Waals surface area contributed by atoms with Crippen LogP contribution in [0.15, 0.2) is 11.1 Å². The number of hydrogen-bond acceptors (Lipinski definition) is 3. The van der Waals surface area contributed by atoms with Gasteiger partial charge in [-0.05, 0) is 31.6 Å². The van der Waals surface area contributed by atoms with Crippen LogP contribution in [0.2, 0.25) is 0 Å². The maximum atomic E-state index is 12.0. The molecular formula is C13H17NO2. The van der Waals surface area contributed by atoms with E-state index in [0.29, 0.717) is 12.3 Å². The standard InChI is InChI=1S/C13H17NO2/c15-11-6-5-10-12(13(11)16)9-4-2-1-3-8(9)7-14-10/h8,10,14H,1-7H2. The Bertz CT molecular complexity index is 383. The summed E-state index contributed by atoms with van der Waals surface area (Å²) < 4.78 is 0. The van der Waals surface area contributed by atoms with Crippen LogP contribution >= 0.6 is 0 Å². The lowest BCUT2D eigenvalue weighted by Crippen LogP contribution is -2.48. The molecule has 2 fully saturated rings. The van der Waals surface area contributed by atoms with Crippen molar-refractivity contribution < 1.29 is 9.59 Å². The average Bonchev–Trinajstić information content (AvgIpc) is 2.33. The van der Waals surface area contributed by atoms with E-state index in [1.54, 1.807) is 0 Å². The number of fused-ring (bicyclic) bond motifs is 2. The number of ketones is 2. The van der Waals surface area contributed by atoms with Crippen LogP contribution in [0.3, 0.4) is 0 Å². The molecule has 3 aliphatic rings. The summed E-state index contributed by atoms with van der Waals surface area (Å²) in [5, 5.41) is 3.44. The summed E-state index contributed by atoms with van der Waals surface area (Å²) in [6.07, 6.45) is 5.91. The Morgan fingerprint density at radius 2 is 1.94 bits per heavy atom. The molecule has 3 nitrogen and oxygen atoms in total. The van der Waals surface area contributed by atoms with E-state index in [0.717, 1.165) is 25.0 Å². The minimum absolute atomic E-state index is 0.174. The third kappa shape index (κ3) is 1.46. The van der Waals surface area contributed by atoms with Gasteiger partial charge in [0.25, 0.3) is 0 Å². The SMILES string of the molecule is O=C1CCC2NCC3CCCCC3=C2C1=O. The van der Waals surface area contributed by atoms with Gasteiger partial charge >= 0.3 is 0 Å². The van der Waals surface area contributed by atoms with Crippen LogP contribution in [0.25, 0.3) is 0 Å². The van der Waals surface area contributed by atoms with E-state index >= 15 is 0 Å². The lowest BCUT2D eigenvalue weighted by atomic mass is 9.73. The zero-order chi connectivity index (χ0) is 11.1. The highest BCUT2D eigenvalue weighted by atomic mass is 16.2. The van der Waals surface area contributed by atoms with E-state index in [9.17, 15) is 9.59 Å². The van der Waals surface area contributed by atoms with E-state index in [1.807, 2.05) is 0 Å². The first kappa shape index (κ1) is 10.2. The molecule has 2 saturated carbocycles. The van der Waals surface area contributed by atoms with Crippen molar-refractivity contribution in [1.82, 2.24) is 5.32 Å². The molecule has 1 N–H and O–H groups in total. The Morgan fingerprint density at radius 1 is 1.06 bits per heavy atom. The van der Waals surface area contributed by atoms with E-state index in [-0.39, 0.29) is 17.6 Å². The molecule has 86 valence electrons. The van der Waals surface area contributed by atoms with Crippen molar-refractivity contribution in [2.75, 3.05) is 6.54 Å². The fourth-order valence-corrected chi connectivity index (χ4v) is 3.36. The minimum atomic E-state index is -0.189. The van der Waals surface area contributed by atoms with Crippen LogP contribution in [0.5, 0.6) is 0 Å². The topological polar surface area (TPSA) is 46.2 Å². The second-order valence-electron chi connectivity index (χ2n) is 5.13. The largest absolute Gasteiger partial charge is 0.309 e. The summed E-state index contributed by atoms with van der Waals surface area (Å²) in [5.74, 6) is 0.159. The van der Waals surface area contributed by atoms with E-state index in [4.69, 9.17) is 0 Å². The average molecular weight is 219 g/mol. The molecule has 16 heavy (non-hydrogen) atoms. The normalized spacial score (nSPS) is 34.8. The van der Waals surface area contributed by atoms with Crippen LogP contribution in [-0.4, -0.2) is 24.2 Å². The number of hydrogen-bond donors (Lipinski definition) is 1. The van der Waals surface area contributed by atoms with Crippen molar-refractivity contribution in [3.8, 4) is 0 Å². The van der Waals surface area contributed by atoms with Crippen LogP contribution < -0.4 is 5.32 Å². The van der Waals surface area contributed by atoms with Gasteiger partial charge in [0, 0.05) is 24.6 Å². The van der Waals surface area contributed by atoms with Crippen molar-refractivity contribution in [2.45, 2.75) is 44.6 Å². The first-order valence-corrected chi connectivity index (χ1v) is 6.31.